The standard InChI is InChI=1S/C18H21F3N4O/c1-3-12(2)24-16-9-17(23-11-22-16)25-7-6-13-8-15(26-18(19,20)21)5-4-14(13)10-25/h4-5,8-9,11-12H,3,6-7,10H2,1-2H3,(H,22,23,24)/t12-/m1/s1. The van der Waals surface area contributed by atoms with Gasteiger partial charge in [-0.25, -0.2) is 9.97 Å². The Morgan fingerprint density at radius 3 is 2.77 bits per heavy atom. The van der Waals surface area contributed by atoms with Crippen LogP contribution in [0.15, 0.2) is 30.6 Å². The molecule has 26 heavy (non-hydrogen) atoms. The van der Waals surface area contributed by atoms with E-state index in [1.807, 2.05) is 6.07 Å². The molecule has 0 saturated carbocycles. The summed E-state index contributed by atoms with van der Waals surface area (Å²) in [5.41, 5.74) is 1.84. The van der Waals surface area contributed by atoms with E-state index < -0.39 is 6.36 Å². The van der Waals surface area contributed by atoms with Crippen LogP contribution in [0.2, 0.25) is 0 Å². The zero-order chi connectivity index (χ0) is 18.7. The first-order valence-electron chi connectivity index (χ1n) is 8.55. The van der Waals surface area contributed by atoms with E-state index >= 15 is 0 Å². The number of fused-ring (bicyclic) bond motifs is 1. The van der Waals surface area contributed by atoms with E-state index in [0.29, 0.717) is 25.6 Å². The van der Waals surface area contributed by atoms with Gasteiger partial charge < -0.3 is 15.0 Å². The van der Waals surface area contributed by atoms with E-state index in [2.05, 4.69) is 38.8 Å². The van der Waals surface area contributed by atoms with Crippen LogP contribution in [-0.4, -0.2) is 28.9 Å². The molecule has 1 aromatic carbocycles. The molecule has 0 fully saturated rings. The van der Waals surface area contributed by atoms with Gasteiger partial charge >= 0.3 is 6.36 Å². The molecule has 0 unspecified atom stereocenters. The third kappa shape index (κ3) is 4.56. The Morgan fingerprint density at radius 1 is 1.23 bits per heavy atom. The molecule has 2 heterocycles. The monoisotopic (exact) mass is 366 g/mol. The zero-order valence-electron chi connectivity index (χ0n) is 14.7. The van der Waals surface area contributed by atoms with Gasteiger partial charge in [-0.2, -0.15) is 0 Å². The van der Waals surface area contributed by atoms with E-state index in [9.17, 15) is 13.2 Å². The topological polar surface area (TPSA) is 50.3 Å². The first kappa shape index (κ1) is 18.3. The van der Waals surface area contributed by atoms with Crippen molar-refractivity contribution in [3.05, 3.63) is 41.7 Å². The highest BCUT2D eigenvalue weighted by atomic mass is 19.4. The fourth-order valence-corrected chi connectivity index (χ4v) is 2.88. The van der Waals surface area contributed by atoms with Gasteiger partial charge in [0, 0.05) is 25.2 Å². The lowest BCUT2D eigenvalue weighted by Crippen LogP contribution is -2.31. The van der Waals surface area contributed by atoms with Crippen LogP contribution in [0.5, 0.6) is 5.75 Å². The van der Waals surface area contributed by atoms with E-state index in [0.717, 1.165) is 29.2 Å². The van der Waals surface area contributed by atoms with Gasteiger partial charge in [-0.3, -0.25) is 0 Å². The fraction of sp³-hybridized carbons (Fsp3) is 0.444. The second-order valence-corrected chi connectivity index (χ2v) is 6.36. The van der Waals surface area contributed by atoms with Crippen LogP contribution < -0.4 is 15.0 Å². The summed E-state index contributed by atoms with van der Waals surface area (Å²) in [6.45, 7) is 5.43. The minimum absolute atomic E-state index is 0.174. The summed E-state index contributed by atoms with van der Waals surface area (Å²) >= 11 is 0. The number of alkyl halides is 3. The lowest BCUT2D eigenvalue weighted by Gasteiger charge is -2.30. The lowest BCUT2D eigenvalue weighted by atomic mass is 9.99. The molecule has 8 heteroatoms. The predicted octanol–water partition coefficient (Wildman–Crippen LogP) is 4.15. The van der Waals surface area contributed by atoms with Crippen LogP contribution in [0, 0.1) is 0 Å². The van der Waals surface area contributed by atoms with E-state index in [4.69, 9.17) is 0 Å². The molecule has 1 aliphatic heterocycles. The Hall–Kier alpha value is -2.51. The number of rotatable bonds is 5. The van der Waals surface area contributed by atoms with Crippen molar-refractivity contribution in [1.29, 1.82) is 0 Å². The lowest BCUT2D eigenvalue weighted by molar-refractivity contribution is -0.274. The fourth-order valence-electron chi connectivity index (χ4n) is 2.88. The molecule has 0 amide bonds. The van der Waals surface area contributed by atoms with E-state index in [1.54, 1.807) is 6.07 Å². The van der Waals surface area contributed by atoms with Crippen molar-refractivity contribution in [3.8, 4) is 5.75 Å². The molecule has 2 aromatic rings. The molecule has 0 radical (unpaired) electrons. The van der Waals surface area contributed by atoms with Gasteiger partial charge in [0.1, 0.15) is 23.7 Å². The van der Waals surface area contributed by atoms with Crippen molar-refractivity contribution in [3.63, 3.8) is 0 Å². The maximum atomic E-state index is 12.4. The first-order valence-corrected chi connectivity index (χ1v) is 8.55. The third-order valence-corrected chi connectivity index (χ3v) is 4.41. The molecule has 3 rings (SSSR count). The van der Waals surface area contributed by atoms with Crippen LogP contribution in [0.25, 0.3) is 0 Å². The number of nitrogens with zero attached hydrogens (tertiary/aromatic N) is 3. The number of anilines is 2. The van der Waals surface area contributed by atoms with Crippen LogP contribution in [0.4, 0.5) is 24.8 Å². The van der Waals surface area contributed by atoms with Gasteiger partial charge in [0.05, 0.1) is 0 Å². The number of nitrogens with one attached hydrogen (secondary N) is 1. The Morgan fingerprint density at radius 2 is 2.04 bits per heavy atom. The summed E-state index contributed by atoms with van der Waals surface area (Å²) in [7, 11) is 0. The van der Waals surface area contributed by atoms with Crippen LogP contribution in [0.3, 0.4) is 0 Å². The molecule has 0 aliphatic carbocycles. The normalized spacial score (nSPS) is 15.3. The SMILES string of the molecule is CC[C@@H](C)Nc1cc(N2CCc3cc(OC(F)(F)F)ccc3C2)ncn1. The second kappa shape index (κ2) is 7.39. The molecular weight excluding hydrogens is 345 g/mol. The maximum Gasteiger partial charge on any atom is 0.573 e. The Kier molecular flexibility index (Phi) is 5.20. The largest absolute Gasteiger partial charge is 0.573 e. The minimum atomic E-state index is -4.67. The van der Waals surface area contributed by atoms with E-state index in [-0.39, 0.29) is 5.75 Å². The van der Waals surface area contributed by atoms with Crippen molar-refractivity contribution < 1.29 is 17.9 Å². The highest BCUT2D eigenvalue weighted by Crippen LogP contribution is 2.29. The summed E-state index contributed by atoms with van der Waals surface area (Å²) < 4.78 is 41.1. The van der Waals surface area contributed by atoms with Crippen molar-refractivity contribution in [2.24, 2.45) is 0 Å². The van der Waals surface area contributed by atoms with Crippen LogP contribution in [-0.2, 0) is 13.0 Å². The highest BCUT2D eigenvalue weighted by Gasteiger charge is 2.31. The molecule has 140 valence electrons. The summed E-state index contributed by atoms with van der Waals surface area (Å²) in [6.07, 6.45) is -1.54. The maximum absolute atomic E-state index is 12.4. The number of halogens is 3. The predicted molar refractivity (Wildman–Crippen MR) is 93.3 cm³/mol. The Balaban J connectivity index is 1.73. The number of hydrogen-bond acceptors (Lipinski definition) is 5. The van der Waals surface area contributed by atoms with Crippen molar-refractivity contribution in [2.45, 2.75) is 45.6 Å². The molecule has 5 nitrogen and oxygen atoms in total. The highest BCUT2D eigenvalue weighted by molar-refractivity contribution is 5.51. The number of hydrogen-bond donors (Lipinski definition) is 1. The molecule has 0 bridgehead atoms. The van der Waals surface area contributed by atoms with Crippen molar-refractivity contribution in [2.75, 3.05) is 16.8 Å². The van der Waals surface area contributed by atoms with Gasteiger partial charge in [-0.1, -0.05) is 13.0 Å². The first-order chi connectivity index (χ1) is 12.3. The molecule has 0 saturated heterocycles. The van der Waals surface area contributed by atoms with E-state index in [1.165, 1.54) is 18.5 Å². The average Bonchev–Trinajstić information content (AvgIpc) is 2.60. The number of aromatic nitrogens is 2. The zero-order valence-corrected chi connectivity index (χ0v) is 14.7. The van der Waals surface area contributed by atoms with Crippen LogP contribution in [0.1, 0.15) is 31.4 Å². The smallest absolute Gasteiger partial charge is 0.406 e. The second-order valence-electron chi connectivity index (χ2n) is 6.36. The molecule has 1 N–H and O–H groups in total. The van der Waals surface area contributed by atoms with Gasteiger partial charge in [0.2, 0.25) is 0 Å². The summed E-state index contributed by atoms with van der Waals surface area (Å²) in [5, 5.41) is 3.32. The summed E-state index contributed by atoms with van der Waals surface area (Å²) in [5.74, 6) is 1.39. The summed E-state index contributed by atoms with van der Waals surface area (Å²) in [4.78, 5) is 10.7. The molecule has 1 aromatic heterocycles. The van der Waals surface area contributed by atoms with Crippen molar-refractivity contribution in [1.82, 2.24) is 9.97 Å². The Bertz CT molecular complexity index is 766. The van der Waals surface area contributed by atoms with Gasteiger partial charge in [-0.05, 0) is 43.0 Å². The van der Waals surface area contributed by atoms with Crippen LogP contribution >= 0.6 is 0 Å². The number of benzene rings is 1. The number of ether oxygens (including phenoxy) is 1. The minimum Gasteiger partial charge on any atom is -0.406 e. The third-order valence-electron chi connectivity index (χ3n) is 4.41. The summed E-state index contributed by atoms with van der Waals surface area (Å²) in [6, 6.07) is 6.72. The molecular formula is C18H21F3N4O. The molecule has 0 spiro atoms. The van der Waals surface area contributed by atoms with Gasteiger partial charge in [0.25, 0.3) is 0 Å². The van der Waals surface area contributed by atoms with Gasteiger partial charge in [0.15, 0.2) is 0 Å². The average molecular weight is 366 g/mol. The van der Waals surface area contributed by atoms with Gasteiger partial charge in [-0.15, -0.1) is 13.2 Å². The molecule has 1 atom stereocenters. The molecule has 1 aliphatic rings. The Labute approximate surface area is 150 Å². The van der Waals surface area contributed by atoms with Crippen molar-refractivity contribution >= 4 is 11.6 Å². The quantitative estimate of drug-likeness (QED) is 0.862.